The fourth-order valence-electron chi connectivity index (χ4n) is 3.43. The molecular formula is C22H17F9N3O5P3. The van der Waals surface area contributed by atoms with E-state index in [1.807, 2.05) is 0 Å². The highest BCUT2D eigenvalue weighted by Crippen LogP contribution is 2.75. The Morgan fingerprint density at radius 3 is 1.26 bits per heavy atom. The van der Waals surface area contributed by atoms with Gasteiger partial charge in [0.05, 0.1) is 16.7 Å². The van der Waals surface area contributed by atoms with Crippen molar-refractivity contribution in [1.29, 1.82) is 0 Å². The fraction of sp³-hybridized carbons (Fsp3) is 0.182. The number of nitrogens with zero attached hydrogens (tertiary/aromatic N) is 3. The summed E-state index contributed by atoms with van der Waals surface area (Å²) in [7, 11) is -13.7. The van der Waals surface area contributed by atoms with Gasteiger partial charge in [-0.25, -0.2) is 0 Å². The number of hydrogen-bond donors (Lipinski definition) is 2. The molecule has 0 aromatic heterocycles. The van der Waals surface area contributed by atoms with Crippen molar-refractivity contribution in [3.05, 3.63) is 89.5 Å². The van der Waals surface area contributed by atoms with Gasteiger partial charge in [0.15, 0.2) is 0 Å². The third-order valence-corrected chi connectivity index (χ3v) is 12.8. The Kier molecular flexibility index (Phi) is 8.33. The first kappa shape index (κ1) is 32.0. The molecule has 3 aromatic rings. The molecule has 4 rings (SSSR count). The maximum atomic E-state index is 13.3. The van der Waals surface area contributed by atoms with Gasteiger partial charge in [0.25, 0.3) is 7.43 Å². The normalized spacial score (nSPS) is 20.0. The lowest BCUT2D eigenvalue weighted by atomic mass is 10.2. The highest BCUT2D eigenvalue weighted by molar-refractivity contribution is 7.79. The molecule has 42 heavy (non-hydrogen) atoms. The standard InChI is InChI=1S/C22H17F9N3O5P3/c1-40(37-17-8-2-5-14(11-17)20(23,24)25)32-41(35,36)34-42(33-40,38-18-9-3-6-15(12-18)21(26,27)28)39-19-10-4-7-16(13-19)22(29,30)31/h2-13,35-36H,1H3/t40-/m1/s1. The lowest BCUT2D eigenvalue weighted by molar-refractivity contribution is -0.138. The van der Waals surface area contributed by atoms with Crippen LogP contribution in [0, 0.1) is 0 Å². The van der Waals surface area contributed by atoms with E-state index < -0.39 is 75.2 Å². The van der Waals surface area contributed by atoms with Crippen molar-refractivity contribution in [2.75, 3.05) is 6.66 Å². The van der Waals surface area contributed by atoms with Gasteiger partial charge >= 0.3 is 33.8 Å². The van der Waals surface area contributed by atoms with Gasteiger partial charge in [-0.3, -0.25) is 0 Å². The van der Waals surface area contributed by atoms with E-state index >= 15 is 0 Å². The van der Waals surface area contributed by atoms with Crippen molar-refractivity contribution in [1.82, 2.24) is 0 Å². The van der Waals surface area contributed by atoms with E-state index in [4.69, 9.17) is 13.6 Å². The van der Waals surface area contributed by atoms with Crippen LogP contribution in [0.5, 0.6) is 17.2 Å². The van der Waals surface area contributed by atoms with Crippen LogP contribution in [0.1, 0.15) is 16.7 Å². The van der Waals surface area contributed by atoms with Crippen molar-refractivity contribution in [2.24, 2.45) is 13.5 Å². The quantitative estimate of drug-likeness (QED) is 0.201. The van der Waals surface area contributed by atoms with E-state index in [1.165, 1.54) is 0 Å². The summed E-state index contributed by atoms with van der Waals surface area (Å²) in [4.78, 5) is 21.2. The molecule has 1 atom stereocenters. The second-order valence-electron chi connectivity index (χ2n) is 8.48. The van der Waals surface area contributed by atoms with Gasteiger partial charge in [0.1, 0.15) is 17.2 Å². The molecule has 3 aromatic carbocycles. The van der Waals surface area contributed by atoms with Crippen LogP contribution in [0.4, 0.5) is 39.5 Å². The fourth-order valence-corrected chi connectivity index (χ4v) is 11.7. The van der Waals surface area contributed by atoms with Crippen molar-refractivity contribution in [3.63, 3.8) is 0 Å². The summed E-state index contributed by atoms with van der Waals surface area (Å²) in [6.07, 6.45) is -14.5. The molecule has 20 heteroatoms. The molecule has 8 nitrogen and oxygen atoms in total. The molecule has 0 spiro atoms. The SMILES string of the molecule is C[P@@]1(Oc2cccc(C(F)(F)F)c2)=NP(O)(O)=NP(Oc2cccc(C(F)(F)F)c2)(Oc2cccc(C(F)(F)F)c2)=N1. The molecule has 0 aliphatic carbocycles. The van der Waals surface area contributed by atoms with Crippen LogP contribution in [0.2, 0.25) is 0 Å². The molecule has 1 heterocycles. The molecule has 0 unspecified atom stereocenters. The Hall–Kier alpha value is -2.96. The minimum absolute atomic E-state index is 0.479. The molecule has 0 radical (unpaired) electrons. The third kappa shape index (κ3) is 7.90. The number of rotatable bonds is 6. The van der Waals surface area contributed by atoms with Gasteiger partial charge in [-0.05, 0) is 54.6 Å². The van der Waals surface area contributed by atoms with Crippen LogP contribution >= 0.6 is 22.8 Å². The van der Waals surface area contributed by atoms with Crippen molar-refractivity contribution in [2.45, 2.75) is 18.5 Å². The Balaban J connectivity index is 1.89. The molecular weight excluding hydrogens is 650 g/mol. The molecule has 0 fully saturated rings. The molecule has 0 saturated carbocycles. The number of benzene rings is 3. The first-order chi connectivity index (χ1) is 19.2. The van der Waals surface area contributed by atoms with Crippen LogP contribution in [-0.2, 0) is 18.5 Å². The topological polar surface area (TPSA) is 105 Å². The Morgan fingerprint density at radius 2 is 0.905 bits per heavy atom. The van der Waals surface area contributed by atoms with Crippen molar-refractivity contribution < 1.29 is 62.9 Å². The molecule has 0 amide bonds. The van der Waals surface area contributed by atoms with E-state index in [-0.39, 0.29) is 0 Å². The van der Waals surface area contributed by atoms with Crippen LogP contribution < -0.4 is 13.6 Å². The largest absolute Gasteiger partial charge is 0.456 e. The van der Waals surface area contributed by atoms with Crippen LogP contribution in [-0.4, -0.2) is 16.5 Å². The van der Waals surface area contributed by atoms with Gasteiger partial charge in [-0.15, -0.1) is 9.03 Å². The average molecular weight is 667 g/mol. The summed E-state index contributed by atoms with van der Waals surface area (Å²) in [5.74, 6) is -1.76. The summed E-state index contributed by atoms with van der Waals surface area (Å²) in [5.41, 5.74) is -3.58. The van der Waals surface area contributed by atoms with Crippen molar-refractivity contribution in [3.8, 4) is 17.2 Å². The van der Waals surface area contributed by atoms with Gasteiger partial charge in [0.2, 0.25) is 0 Å². The van der Waals surface area contributed by atoms with Gasteiger partial charge < -0.3 is 23.4 Å². The number of halogens is 9. The van der Waals surface area contributed by atoms with Gasteiger partial charge in [0, 0.05) is 6.66 Å². The third-order valence-electron chi connectivity index (χ3n) is 5.01. The zero-order valence-corrected chi connectivity index (χ0v) is 23.3. The smallest absolute Gasteiger partial charge is 0.441 e. The second kappa shape index (κ2) is 10.9. The Morgan fingerprint density at radius 1 is 0.548 bits per heavy atom. The first-order valence-electron chi connectivity index (χ1n) is 11.1. The van der Waals surface area contributed by atoms with Crippen LogP contribution in [0.25, 0.3) is 0 Å². The monoisotopic (exact) mass is 667 g/mol. The second-order valence-corrected chi connectivity index (χ2v) is 14.9. The minimum atomic E-state index is -4.91. The molecule has 0 bridgehead atoms. The molecule has 0 saturated heterocycles. The lowest BCUT2D eigenvalue weighted by Gasteiger charge is -2.29. The predicted molar refractivity (Wildman–Crippen MR) is 135 cm³/mol. The van der Waals surface area contributed by atoms with E-state index in [0.717, 1.165) is 49.1 Å². The van der Waals surface area contributed by atoms with Crippen LogP contribution in [0.3, 0.4) is 0 Å². The lowest BCUT2D eigenvalue weighted by Crippen LogP contribution is -2.08. The van der Waals surface area contributed by atoms with Gasteiger partial charge in [-0.1, -0.05) is 18.2 Å². The average Bonchev–Trinajstić information content (AvgIpc) is 2.81. The predicted octanol–water partition coefficient (Wildman–Crippen LogP) is 9.83. The Labute approximate surface area is 231 Å². The van der Waals surface area contributed by atoms with E-state index in [2.05, 4.69) is 13.5 Å². The summed E-state index contributed by atoms with van der Waals surface area (Å²) >= 11 is 0. The zero-order chi connectivity index (χ0) is 31.2. The molecule has 1 aliphatic rings. The summed E-state index contributed by atoms with van der Waals surface area (Å²) in [5, 5.41) is 0. The first-order valence-corrected chi connectivity index (χ1v) is 16.3. The van der Waals surface area contributed by atoms with E-state index in [0.29, 0.717) is 30.3 Å². The minimum Gasteiger partial charge on any atom is -0.441 e. The Bertz CT molecular complexity index is 1600. The molecule has 1 aliphatic heterocycles. The molecule has 2 N–H and O–H groups in total. The maximum Gasteiger partial charge on any atom is 0.456 e. The maximum absolute atomic E-state index is 13.3. The highest BCUT2D eigenvalue weighted by Gasteiger charge is 2.41. The van der Waals surface area contributed by atoms with E-state index in [1.54, 1.807) is 0 Å². The summed E-state index contributed by atoms with van der Waals surface area (Å²) in [6, 6.07) is 9.44. The molecule has 228 valence electrons. The summed E-state index contributed by atoms with van der Waals surface area (Å²) in [6.45, 7) is 1.03. The number of alkyl halides is 9. The van der Waals surface area contributed by atoms with Crippen LogP contribution in [0.15, 0.2) is 86.3 Å². The highest BCUT2D eigenvalue weighted by atomic mass is 31.3. The van der Waals surface area contributed by atoms with E-state index in [9.17, 15) is 49.3 Å². The van der Waals surface area contributed by atoms with Gasteiger partial charge in [-0.2, -0.15) is 44.0 Å². The number of hydrogen-bond acceptors (Lipinski definition) is 6. The summed E-state index contributed by atoms with van der Waals surface area (Å²) < 4.78 is 148. The zero-order valence-electron chi connectivity index (χ0n) is 20.6. The van der Waals surface area contributed by atoms with Crippen molar-refractivity contribution >= 4 is 22.8 Å².